The highest BCUT2D eigenvalue weighted by Gasteiger charge is 1.95. The van der Waals surface area contributed by atoms with Crippen molar-refractivity contribution in [2.24, 2.45) is 11.1 Å². The van der Waals surface area contributed by atoms with Gasteiger partial charge in [-0.3, -0.25) is 0 Å². The van der Waals surface area contributed by atoms with E-state index in [2.05, 4.69) is 34.3 Å². The summed E-state index contributed by atoms with van der Waals surface area (Å²) in [6, 6.07) is 0. The standard InChI is InChI=1S/C5H12.C4H9N.CH4.H2/c1-5(2,3)4;1-2-3-4-5;;/h1-4H3;2H,1,3-5H2;1H4;1H. The van der Waals surface area contributed by atoms with E-state index in [1.54, 1.807) is 6.08 Å². The van der Waals surface area contributed by atoms with E-state index in [9.17, 15) is 0 Å². The lowest BCUT2D eigenvalue weighted by Crippen LogP contribution is -1.94. The summed E-state index contributed by atoms with van der Waals surface area (Å²) in [4.78, 5) is 0. The van der Waals surface area contributed by atoms with Crippen LogP contribution in [0.3, 0.4) is 0 Å². The van der Waals surface area contributed by atoms with E-state index in [0.717, 1.165) is 13.0 Å². The topological polar surface area (TPSA) is 26.0 Å². The fourth-order valence-electron chi connectivity index (χ4n) is 0.118. The third kappa shape index (κ3) is 199. The van der Waals surface area contributed by atoms with Gasteiger partial charge in [-0.1, -0.05) is 41.2 Å². The number of rotatable bonds is 2. The van der Waals surface area contributed by atoms with Gasteiger partial charge in [-0.25, -0.2) is 0 Å². The Bertz CT molecular complexity index is 68.4. The maximum Gasteiger partial charge on any atom is 0 e. The lowest BCUT2D eigenvalue weighted by atomic mass is 10.0. The third-order valence-corrected chi connectivity index (χ3v) is 0.371. The Morgan fingerprint density at radius 2 is 1.64 bits per heavy atom. The zero-order valence-corrected chi connectivity index (χ0v) is 7.78. The van der Waals surface area contributed by atoms with Crippen molar-refractivity contribution in [3.05, 3.63) is 12.7 Å². The Hall–Kier alpha value is -0.300. The lowest BCUT2D eigenvalue weighted by molar-refractivity contribution is 0.469. The number of nitrogens with two attached hydrogens (primary N) is 1. The molecule has 0 heterocycles. The molecule has 0 aliphatic heterocycles. The van der Waals surface area contributed by atoms with Crippen molar-refractivity contribution < 1.29 is 1.43 Å². The van der Waals surface area contributed by atoms with Crippen LogP contribution in [0.25, 0.3) is 0 Å². The van der Waals surface area contributed by atoms with Crippen LogP contribution in [0.2, 0.25) is 0 Å². The Morgan fingerprint density at radius 1 is 1.36 bits per heavy atom. The molecule has 0 rings (SSSR count). The fourth-order valence-corrected chi connectivity index (χ4v) is 0.118. The molecule has 0 spiro atoms. The summed E-state index contributed by atoms with van der Waals surface area (Å²) in [5, 5.41) is 0. The Kier molecular flexibility index (Phi) is 15.0. The molecule has 0 saturated carbocycles. The molecule has 11 heavy (non-hydrogen) atoms. The normalized spacial score (nSPS) is 8.82. The lowest BCUT2D eigenvalue weighted by Gasteiger charge is -2.05. The molecule has 0 atom stereocenters. The van der Waals surface area contributed by atoms with Gasteiger partial charge >= 0.3 is 0 Å². The SMILES string of the molecule is C.C=CCCN.CC(C)(C)C.[HH]. The van der Waals surface area contributed by atoms with Gasteiger partial charge in [0.15, 0.2) is 0 Å². The summed E-state index contributed by atoms with van der Waals surface area (Å²) in [7, 11) is 0. The van der Waals surface area contributed by atoms with Gasteiger partial charge in [-0.15, -0.1) is 6.58 Å². The zero-order valence-electron chi connectivity index (χ0n) is 7.78. The van der Waals surface area contributed by atoms with Crippen LogP contribution in [0.5, 0.6) is 0 Å². The first-order valence-electron chi connectivity index (χ1n) is 3.72. The van der Waals surface area contributed by atoms with E-state index in [1.807, 2.05) is 0 Å². The maximum atomic E-state index is 5.07. The first-order chi connectivity index (χ1) is 4.41. The molecule has 0 aromatic rings. The van der Waals surface area contributed by atoms with Crippen molar-refractivity contribution in [2.45, 2.75) is 41.5 Å². The van der Waals surface area contributed by atoms with E-state index in [1.165, 1.54) is 0 Å². The number of hydrogen-bond donors (Lipinski definition) is 1. The molecular formula is C10H27N. The Morgan fingerprint density at radius 3 is 1.64 bits per heavy atom. The van der Waals surface area contributed by atoms with E-state index in [4.69, 9.17) is 5.73 Å². The van der Waals surface area contributed by atoms with Gasteiger partial charge in [0.25, 0.3) is 0 Å². The molecule has 0 unspecified atom stereocenters. The van der Waals surface area contributed by atoms with E-state index in [0.29, 0.717) is 5.41 Å². The molecule has 0 saturated heterocycles. The molecule has 0 amide bonds. The summed E-state index contributed by atoms with van der Waals surface area (Å²) >= 11 is 0. The predicted octanol–water partition coefficient (Wildman–Crippen LogP) is 3.46. The zero-order chi connectivity index (χ0) is 8.62. The van der Waals surface area contributed by atoms with Gasteiger partial charge in [0.1, 0.15) is 0 Å². The Balaban J connectivity index is -0.0000000457. The average molecular weight is 161 g/mol. The van der Waals surface area contributed by atoms with Crippen molar-refractivity contribution in [1.29, 1.82) is 0 Å². The minimum Gasteiger partial charge on any atom is -0.330 e. The minimum atomic E-state index is 0. The van der Waals surface area contributed by atoms with Crippen LogP contribution in [0.15, 0.2) is 12.7 Å². The van der Waals surface area contributed by atoms with Crippen molar-refractivity contribution in [2.75, 3.05) is 6.54 Å². The molecule has 0 aromatic heterocycles. The van der Waals surface area contributed by atoms with E-state index >= 15 is 0 Å². The molecule has 0 fully saturated rings. The van der Waals surface area contributed by atoms with Crippen LogP contribution in [0.4, 0.5) is 0 Å². The van der Waals surface area contributed by atoms with Crippen LogP contribution in [0, 0.1) is 5.41 Å². The van der Waals surface area contributed by atoms with Crippen molar-refractivity contribution in [1.82, 2.24) is 0 Å². The summed E-state index contributed by atoms with van der Waals surface area (Å²) in [5.74, 6) is 0. The predicted molar refractivity (Wildman–Crippen MR) is 57.8 cm³/mol. The smallest absolute Gasteiger partial charge is 0 e. The molecule has 2 N–H and O–H groups in total. The first-order valence-corrected chi connectivity index (χ1v) is 3.72. The molecule has 0 aromatic carbocycles. The molecule has 0 bridgehead atoms. The summed E-state index contributed by atoms with van der Waals surface area (Å²) in [5.41, 5.74) is 5.57. The van der Waals surface area contributed by atoms with Crippen molar-refractivity contribution >= 4 is 0 Å². The monoisotopic (exact) mass is 161 g/mol. The van der Waals surface area contributed by atoms with E-state index < -0.39 is 0 Å². The van der Waals surface area contributed by atoms with Gasteiger partial charge in [-0.2, -0.15) is 0 Å². The van der Waals surface area contributed by atoms with Crippen molar-refractivity contribution in [3.63, 3.8) is 0 Å². The molecular weight excluding hydrogens is 134 g/mol. The maximum absolute atomic E-state index is 5.07. The van der Waals surface area contributed by atoms with Crippen LogP contribution in [0.1, 0.15) is 43.0 Å². The second-order valence-corrected chi connectivity index (χ2v) is 3.87. The summed E-state index contributed by atoms with van der Waals surface area (Å²) in [6.45, 7) is 12.9. The third-order valence-electron chi connectivity index (χ3n) is 0.371. The van der Waals surface area contributed by atoms with Crippen LogP contribution in [-0.2, 0) is 0 Å². The van der Waals surface area contributed by atoms with E-state index in [-0.39, 0.29) is 8.85 Å². The van der Waals surface area contributed by atoms with Crippen LogP contribution in [-0.4, -0.2) is 6.54 Å². The highest BCUT2D eigenvalue weighted by atomic mass is 14.5. The molecule has 1 nitrogen and oxygen atoms in total. The molecule has 0 aliphatic carbocycles. The second kappa shape index (κ2) is 9.70. The average Bonchev–Trinajstić information content (AvgIpc) is 1.63. The van der Waals surface area contributed by atoms with Gasteiger partial charge < -0.3 is 5.73 Å². The molecule has 72 valence electrons. The van der Waals surface area contributed by atoms with Gasteiger partial charge in [-0.05, 0) is 18.4 Å². The molecule has 0 radical (unpaired) electrons. The van der Waals surface area contributed by atoms with Crippen molar-refractivity contribution in [3.8, 4) is 0 Å². The highest BCUT2D eigenvalue weighted by molar-refractivity contribution is 4.64. The number of hydrogen-bond acceptors (Lipinski definition) is 1. The molecule has 1 heteroatoms. The van der Waals surface area contributed by atoms with Gasteiger partial charge in [0.2, 0.25) is 0 Å². The summed E-state index contributed by atoms with van der Waals surface area (Å²) in [6.07, 6.45) is 2.74. The quantitative estimate of drug-likeness (QED) is 0.617. The molecule has 0 aliphatic rings. The minimum absolute atomic E-state index is 0. The van der Waals surface area contributed by atoms with Gasteiger partial charge in [0.05, 0.1) is 0 Å². The Labute approximate surface area is 74.2 Å². The van der Waals surface area contributed by atoms with Crippen LogP contribution >= 0.6 is 0 Å². The second-order valence-electron chi connectivity index (χ2n) is 3.87. The summed E-state index contributed by atoms with van der Waals surface area (Å²) < 4.78 is 0. The largest absolute Gasteiger partial charge is 0.330 e. The first kappa shape index (κ1) is 17.0. The fraction of sp³-hybridized carbons (Fsp3) is 0.800. The van der Waals surface area contributed by atoms with Gasteiger partial charge in [0, 0.05) is 1.43 Å². The highest BCUT2D eigenvalue weighted by Crippen LogP contribution is 2.07. The van der Waals surface area contributed by atoms with Crippen LogP contribution < -0.4 is 5.73 Å².